The number of aryl methyl sites for hydroxylation is 1. The lowest BCUT2D eigenvalue weighted by molar-refractivity contribution is -0.126. The number of hydrogen-bond donors (Lipinski definition) is 2. The molecule has 1 amide bonds. The molecule has 1 aromatic heterocycles. The molecule has 5 heteroatoms. The molecule has 0 radical (unpaired) electrons. The number of hydrogen-bond acceptors (Lipinski definition) is 4. The Bertz CT molecular complexity index is 403. The Labute approximate surface area is 108 Å². The van der Waals surface area contributed by atoms with Crippen LogP contribution >= 0.6 is 0 Å². The molecule has 2 rings (SSSR count). The van der Waals surface area contributed by atoms with Crippen LogP contribution in [0.5, 0.6) is 0 Å². The number of nitrogens with zero attached hydrogens (tertiary/aromatic N) is 1. The van der Waals surface area contributed by atoms with E-state index in [1.165, 1.54) is 0 Å². The monoisotopic (exact) mass is 251 g/mol. The lowest BCUT2D eigenvalue weighted by Gasteiger charge is -2.31. The highest BCUT2D eigenvalue weighted by Gasteiger charge is 2.25. The fourth-order valence-electron chi connectivity index (χ4n) is 2.14. The van der Waals surface area contributed by atoms with Gasteiger partial charge in [0.05, 0.1) is 0 Å². The van der Waals surface area contributed by atoms with Crippen LogP contribution in [0.4, 0.5) is 0 Å². The van der Waals surface area contributed by atoms with Crippen LogP contribution in [0, 0.1) is 6.92 Å². The predicted molar refractivity (Wildman–Crippen MR) is 69.4 cm³/mol. The zero-order chi connectivity index (χ0) is 13.0. The summed E-state index contributed by atoms with van der Waals surface area (Å²) in [6.07, 6.45) is 0.740. The number of piperazine rings is 1. The minimum absolute atomic E-state index is 0.0583. The van der Waals surface area contributed by atoms with Crippen molar-refractivity contribution in [3.05, 3.63) is 23.7 Å². The minimum Gasteiger partial charge on any atom is -0.466 e. The maximum Gasteiger partial charge on any atom is 0.238 e. The first kappa shape index (κ1) is 13.1. The van der Waals surface area contributed by atoms with Crippen molar-refractivity contribution in [1.29, 1.82) is 0 Å². The van der Waals surface area contributed by atoms with Gasteiger partial charge in [0.1, 0.15) is 17.6 Å². The fraction of sp³-hybridized carbons (Fsp3) is 0.615. The van der Waals surface area contributed by atoms with E-state index >= 15 is 0 Å². The van der Waals surface area contributed by atoms with Crippen LogP contribution in [0.25, 0.3) is 0 Å². The standard InChI is InChI=1S/C13H21N3O2/c1-10-3-4-11(18-10)5-6-15-13(17)12-9-14-7-8-16(12)2/h3-4,12,14H,5-9H2,1-2H3,(H,15,17). The molecule has 0 spiro atoms. The molecular formula is C13H21N3O2. The number of carbonyl (C=O) groups excluding carboxylic acids is 1. The smallest absolute Gasteiger partial charge is 0.238 e. The van der Waals surface area contributed by atoms with Gasteiger partial charge in [-0.05, 0) is 26.1 Å². The van der Waals surface area contributed by atoms with Gasteiger partial charge >= 0.3 is 0 Å². The number of furan rings is 1. The highest BCUT2D eigenvalue weighted by atomic mass is 16.3. The number of rotatable bonds is 4. The zero-order valence-electron chi connectivity index (χ0n) is 11.0. The van der Waals surface area contributed by atoms with Crippen molar-refractivity contribution < 1.29 is 9.21 Å². The Morgan fingerprint density at radius 1 is 1.61 bits per heavy atom. The van der Waals surface area contributed by atoms with Crippen LogP contribution in [0.2, 0.25) is 0 Å². The molecule has 1 unspecified atom stereocenters. The van der Waals surface area contributed by atoms with Crippen molar-refractivity contribution >= 4 is 5.91 Å². The van der Waals surface area contributed by atoms with Crippen molar-refractivity contribution in [3.8, 4) is 0 Å². The highest BCUT2D eigenvalue weighted by Crippen LogP contribution is 2.06. The van der Waals surface area contributed by atoms with E-state index in [0.717, 1.165) is 37.6 Å². The lowest BCUT2D eigenvalue weighted by atomic mass is 10.2. The molecule has 0 saturated carbocycles. The van der Waals surface area contributed by atoms with Crippen molar-refractivity contribution in [1.82, 2.24) is 15.5 Å². The van der Waals surface area contributed by atoms with Crippen LogP contribution in [0.1, 0.15) is 11.5 Å². The third kappa shape index (κ3) is 3.34. The van der Waals surface area contributed by atoms with Crippen LogP contribution in [0.15, 0.2) is 16.5 Å². The van der Waals surface area contributed by atoms with E-state index in [2.05, 4.69) is 15.5 Å². The molecule has 18 heavy (non-hydrogen) atoms. The van der Waals surface area contributed by atoms with E-state index in [-0.39, 0.29) is 11.9 Å². The number of likely N-dealkylation sites (N-methyl/N-ethyl adjacent to an activating group) is 1. The summed E-state index contributed by atoms with van der Waals surface area (Å²) >= 11 is 0. The maximum atomic E-state index is 12.0. The van der Waals surface area contributed by atoms with Crippen LogP contribution < -0.4 is 10.6 Å². The summed E-state index contributed by atoms with van der Waals surface area (Å²) in [5.41, 5.74) is 0. The molecule has 5 nitrogen and oxygen atoms in total. The Morgan fingerprint density at radius 2 is 2.44 bits per heavy atom. The van der Waals surface area contributed by atoms with E-state index in [9.17, 15) is 4.79 Å². The summed E-state index contributed by atoms with van der Waals surface area (Å²) in [6.45, 7) is 5.13. The first-order valence-electron chi connectivity index (χ1n) is 6.41. The largest absolute Gasteiger partial charge is 0.466 e. The van der Waals surface area contributed by atoms with Crippen molar-refractivity contribution in [2.45, 2.75) is 19.4 Å². The second kappa shape index (κ2) is 6.02. The molecule has 0 aromatic carbocycles. The molecule has 1 saturated heterocycles. The van der Waals surface area contributed by atoms with Gasteiger partial charge in [-0.1, -0.05) is 0 Å². The SMILES string of the molecule is Cc1ccc(CCNC(=O)C2CNCCN2C)o1. The quantitative estimate of drug-likeness (QED) is 0.800. The molecule has 2 heterocycles. The molecule has 100 valence electrons. The molecule has 1 aliphatic heterocycles. The predicted octanol–water partition coefficient (Wildman–Crippen LogP) is 0.150. The molecule has 0 bridgehead atoms. The molecule has 2 N–H and O–H groups in total. The molecular weight excluding hydrogens is 230 g/mol. The fourth-order valence-corrected chi connectivity index (χ4v) is 2.14. The normalized spacial score (nSPS) is 20.9. The van der Waals surface area contributed by atoms with Crippen molar-refractivity contribution in [2.75, 3.05) is 33.2 Å². The van der Waals surface area contributed by atoms with Crippen molar-refractivity contribution in [3.63, 3.8) is 0 Å². The topological polar surface area (TPSA) is 57.5 Å². The summed E-state index contributed by atoms with van der Waals surface area (Å²) in [6, 6.07) is 3.84. The van der Waals surface area contributed by atoms with E-state index < -0.39 is 0 Å². The number of carbonyl (C=O) groups is 1. The summed E-state index contributed by atoms with van der Waals surface area (Å²) in [5.74, 6) is 1.92. The lowest BCUT2D eigenvalue weighted by Crippen LogP contribution is -2.56. The molecule has 1 fully saturated rings. The number of nitrogens with one attached hydrogen (secondary N) is 2. The van der Waals surface area contributed by atoms with Gasteiger partial charge in [0, 0.05) is 32.6 Å². The Kier molecular flexibility index (Phi) is 4.38. The van der Waals surface area contributed by atoms with Crippen LogP contribution in [-0.4, -0.2) is 50.1 Å². The average molecular weight is 251 g/mol. The van der Waals surface area contributed by atoms with Gasteiger partial charge in [-0.2, -0.15) is 0 Å². The maximum absolute atomic E-state index is 12.0. The van der Waals surface area contributed by atoms with E-state index in [1.807, 2.05) is 26.1 Å². The summed E-state index contributed by atoms with van der Waals surface area (Å²) in [4.78, 5) is 14.1. The van der Waals surface area contributed by atoms with Gasteiger partial charge in [-0.25, -0.2) is 0 Å². The van der Waals surface area contributed by atoms with Crippen LogP contribution in [-0.2, 0) is 11.2 Å². The minimum atomic E-state index is -0.0583. The molecule has 1 atom stereocenters. The number of amides is 1. The first-order valence-corrected chi connectivity index (χ1v) is 6.41. The average Bonchev–Trinajstić information content (AvgIpc) is 2.75. The van der Waals surface area contributed by atoms with E-state index in [4.69, 9.17) is 4.42 Å². The Hall–Kier alpha value is -1.33. The highest BCUT2D eigenvalue weighted by molar-refractivity contribution is 5.82. The summed E-state index contributed by atoms with van der Waals surface area (Å²) in [7, 11) is 1.99. The molecule has 1 aliphatic rings. The van der Waals surface area contributed by atoms with Gasteiger partial charge in [0.15, 0.2) is 0 Å². The van der Waals surface area contributed by atoms with Crippen molar-refractivity contribution in [2.24, 2.45) is 0 Å². The second-order valence-corrected chi connectivity index (χ2v) is 4.75. The third-order valence-electron chi connectivity index (χ3n) is 3.28. The second-order valence-electron chi connectivity index (χ2n) is 4.75. The molecule has 0 aliphatic carbocycles. The summed E-state index contributed by atoms with van der Waals surface area (Å²) in [5, 5.41) is 6.20. The first-order chi connectivity index (χ1) is 8.66. The zero-order valence-corrected chi connectivity index (χ0v) is 11.0. The van der Waals surface area contributed by atoms with E-state index in [0.29, 0.717) is 6.54 Å². The van der Waals surface area contributed by atoms with Gasteiger partial charge in [0.2, 0.25) is 5.91 Å². The van der Waals surface area contributed by atoms with Crippen LogP contribution in [0.3, 0.4) is 0 Å². The van der Waals surface area contributed by atoms with E-state index in [1.54, 1.807) is 0 Å². The Balaban J connectivity index is 1.74. The van der Waals surface area contributed by atoms with Gasteiger partial charge < -0.3 is 15.1 Å². The summed E-state index contributed by atoms with van der Waals surface area (Å²) < 4.78 is 5.46. The Morgan fingerprint density at radius 3 is 3.11 bits per heavy atom. The van der Waals surface area contributed by atoms with Gasteiger partial charge in [0.25, 0.3) is 0 Å². The van der Waals surface area contributed by atoms with Gasteiger partial charge in [-0.3, -0.25) is 9.69 Å². The van der Waals surface area contributed by atoms with Gasteiger partial charge in [-0.15, -0.1) is 0 Å². The molecule has 1 aromatic rings. The third-order valence-corrected chi connectivity index (χ3v) is 3.28.